The van der Waals surface area contributed by atoms with Crippen LogP contribution in [0.2, 0.25) is 0 Å². The molecule has 0 spiro atoms. The molecule has 0 amide bonds. The van der Waals surface area contributed by atoms with Gasteiger partial charge in [-0.15, -0.1) is 0 Å². The van der Waals surface area contributed by atoms with Gasteiger partial charge in [0.15, 0.2) is 11.5 Å². The molecule has 0 saturated carbocycles. The third-order valence-corrected chi connectivity index (χ3v) is 2.61. The first-order valence-electron chi connectivity index (χ1n) is 5.91. The fourth-order valence-corrected chi connectivity index (χ4v) is 1.76. The van der Waals surface area contributed by atoms with E-state index in [9.17, 15) is 0 Å². The van der Waals surface area contributed by atoms with Crippen LogP contribution in [0.4, 0.5) is 11.4 Å². The van der Waals surface area contributed by atoms with Crippen LogP contribution in [0.25, 0.3) is 0 Å². The zero-order valence-corrected chi connectivity index (χ0v) is 10.1. The molecular formula is C15H12N2O2. The Morgan fingerprint density at radius 1 is 0.789 bits per heavy atom. The highest BCUT2D eigenvalue weighted by Gasteiger charge is 2.13. The molecule has 4 rings (SSSR count). The average molecular weight is 252 g/mol. The molecule has 1 aliphatic heterocycles. The Morgan fingerprint density at radius 3 is 1.89 bits per heavy atom. The van der Waals surface area contributed by atoms with Gasteiger partial charge in [0.2, 0.25) is 0 Å². The smallest absolute Gasteiger partial charge is 0.150 e. The molecule has 0 atom stereocenters. The molecule has 19 heavy (non-hydrogen) atoms. The zero-order chi connectivity index (χ0) is 12.9. The first-order chi connectivity index (χ1) is 9.43. The summed E-state index contributed by atoms with van der Waals surface area (Å²) in [5.74, 6) is 1.76. The van der Waals surface area contributed by atoms with Crippen LogP contribution in [0.15, 0.2) is 71.6 Å². The summed E-state index contributed by atoms with van der Waals surface area (Å²) in [6.07, 6.45) is 3.10. The van der Waals surface area contributed by atoms with E-state index in [1.54, 1.807) is 12.3 Å². The first-order valence-corrected chi connectivity index (χ1v) is 5.91. The Bertz CT molecular complexity index is 546. The van der Waals surface area contributed by atoms with E-state index in [1.807, 2.05) is 48.5 Å². The van der Waals surface area contributed by atoms with Crippen LogP contribution in [-0.4, -0.2) is 5.16 Å². The summed E-state index contributed by atoms with van der Waals surface area (Å²) in [5.41, 5.74) is 2.04. The van der Waals surface area contributed by atoms with Crippen molar-refractivity contribution in [1.29, 1.82) is 0 Å². The van der Waals surface area contributed by atoms with Crippen LogP contribution in [0.3, 0.4) is 0 Å². The number of aromatic nitrogens is 1. The summed E-state index contributed by atoms with van der Waals surface area (Å²) in [4.78, 5) is 0. The van der Waals surface area contributed by atoms with Crippen LogP contribution >= 0.6 is 0 Å². The summed E-state index contributed by atoms with van der Waals surface area (Å²) < 4.78 is 10.0. The summed E-state index contributed by atoms with van der Waals surface area (Å²) in [6, 6.07) is 17.6. The molecule has 0 aliphatic carbocycles. The number of hydrogen-bond donors (Lipinski definition) is 1. The van der Waals surface area contributed by atoms with Gasteiger partial charge in [-0.2, -0.15) is 0 Å². The van der Waals surface area contributed by atoms with Gasteiger partial charge in [-0.05, 0) is 30.3 Å². The highest BCUT2D eigenvalue weighted by atomic mass is 16.5. The number of nitrogens with zero attached hydrogens (tertiary/aromatic N) is 1. The van der Waals surface area contributed by atoms with Crippen LogP contribution in [0.5, 0.6) is 11.5 Å². The monoisotopic (exact) mass is 252 g/mol. The third-order valence-electron chi connectivity index (χ3n) is 2.61. The average Bonchev–Trinajstić information content (AvgIpc) is 3.04. The molecule has 4 heteroatoms. The molecule has 0 unspecified atom stereocenters. The second kappa shape index (κ2) is 5.27. The normalized spacial score (nSPS) is 10.9. The lowest BCUT2D eigenvalue weighted by Crippen LogP contribution is -2.01. The number of benzene rings is 2. The number of nitrogens with one attached hydrogen (secondary N) is 1. The molecule has 0 fully saturated rings. The van der Waals surface area contributed by atoms with Crippen molar-refractivity contribution in [2.75, 3.05) is 5.32 Å². The predicted molar refractivity (Wildman–Crippen MR) is 72.7 cm³/mol. The number of para-hydroxylation sites is 4. The van der Waals surface area contributed by atoms with Crippen molar-refractivity contribution < 1.29 is 9.26 Å². The summed E-state index contributed by atoms with van der Waals surface area (Å²) in [7, 11) is 0. The van der Waals surface area contributed by atoms with Crippen LogP contribution < -0.4 is 10.1 Å². The quantitative estimate of drug-likeness (QED) is 0.509. The number of anilines is 2. The Hall–Kier alpha value is -2.75. The van der Waals surface area contributed by atoms with E-state index in [2.05, 4.69) is 15.0 Å². The van der Waals surface area contributed by atoms with E-state index in [4.69, 9.17) is 4.74 Å². The summed E-state index contributed by atoms with van der Waals surface area (Å²) in [5, 5.41) is 6.66. The highest BCUT2D eigenvalue weighted by molar-refractivity contribution is 5.75. The Labute approximate surface area is 110 Å². The van der Waals surface area contributed by atoms with E-state index < -0.39 is 0 Å². The summed E-state index contributed by atoms with van der Waals surface area (Å²) >= 11 is 0. The zero-order valence-electron chi connectivity index (χ0n) is 10.1. The molecule has 0 radical (unpaired) electrons. The SMILES string of the molecule is c1ccc2c(c1)Nc1ccccc1O2.c1cnoc1. The fraction of sp³-hybridized carbons (Fsp3) is 0. The lowest BCUT2D eigenvalue weighted by Gasteiger charge is -2.20. The molecular weight excluding hydrogens is 240 g/mol. The van der Waals surface area contributed by atoms with E-state index in [0.717, 1.165) is 22.9 Å². The molecule has 1 aromatic heterocycles. The van der Waals surface area contributed by atoms with Gasteiger partial charge in [0.05, 0.1) is 17.6 Å². The standard InChI is InChI=1S/C12H9NO.C3H3NO/c1-3-7-11-9(5-1)13-10-6-2-4-8-12(10)14-11;1-2-4-5-3-1/h1-8,13H;1-3H. The topological polar surface area (TPSA) is 47.3 Å². The van der Waals surface area contributed by atoms with Crippen molar-refractivity contribution in [3.63, 3.8) is 0 Å². The molecule has 1 aliphatic rings. The van der Waals surface area contributed by atoms with Crippen LogP contribution in [0, 0.1) is 0 Å². The van der Waals surface area contributed by atoms with E-state index >= 15 is 0 Å². The number of rotatable bonds is 0. The van der Waals surface area contributed by atoms with E-state index in [-0.39, 0.29) is 0 Å². The lowest BCUT2D eigenvalue weighted by atomic mass is 10.2. The van der Waals surface area contributed by atoms with Crippen molar-refractivity contribution in [2.24, 2.45) is 0 Å². The van der Waals surface area contributed by atoms with Crippen molar-refractivity contribution in [3.8, 4) is 11.5 Å². The maximum atomic E-state index is 5.71. The van der Waals surface area contributed by atoms with Gasteiger partial charge in [0.1, 0.15) is 6.26 Å². The molecule has 4 nitrogen and oxygen atoms in total. The van der Waals surface area contributed by atoms with Gasteiger partial charge in [-0.25, -0.2) is 0 Å². The van der Waals surface area contributed by atoms with Gasteiger partial charge < -0.3 is 14.6 Å². The second-order valence-electron chi connectivity index (χ2n) is 3.91. The second-order valence-corrected chi connectivity index (χ2v) is 3.91. The van der Waals surface area contributed by atoms with Crippen molar-refractivity contribution in [2.45, 2.75) is 0 Å². The van der Waals surface area contributed by atoms with Crippen molar-refractivity contribution >= 4 is 11.4 Å². The first kappa shape index (κ1) is 11.3. The van der Waals surface area contributed by atoms with Gasteiger partial charge in [0, 0.05) is 0 Å². The van der Waals surface area contributed by atoms with E-state index in [0.29, 0.717) is 0 Å². The number of ether oxygens (including phenoxy) is 1. The molecule has 1 N–H and O–H groups in total. The van der Waals surface area contributed by atoms with Crippen molar-refractivity contribution in [1.82, 2.24) is 5.16 Å². The Balaban J connectivity index is 0.000000187. The predicted octanol–water partition coefficient (Wildman–Crippen LogP) is 4.21. The molecule has 0 bridgehead atoms. The molecule has 3 aromatic rings. The third kappa shape index (κ3) is 2.57. The van der Waals surface area contributed by atoms with Crippen molar-refractivity contribution in [3.05, 3.63) is 67.1 Å². The lowest BCUT2D eigenvalue weighted by molar-refractivity contribution is 0.420. The molecule has 2 aromatic carbocycles. The minimum Gasteiger partial charge on any atom is -0.453 e. The maximum Gasteiger partial charge on any atom is 0.150 e. The summed E-state index contributed by atoms with van der Waals surface area (Å²) in [6.45, 7) is 0. The largest absolute Gasteiger partial charge is 0.453 e. The molecule has 2 heterocycles. The van der Waals surface area contributed by atoms with Gasteiger partial charge >= 0.3 is 0 Å². The maximum absolute atomic E-state index is 5.71. The van der Waals surface area contributed by atoms with Crippen LogP contribution in [-0.2, 0) is 0 Å². The highest BCUT2D eigenvalue weighted by Crippen LogP contribution is 2.40. The minimum absolute atomic E-state index is 0.881. The molecule has 94 valence electrons. The van der Waals surface area contributed by atoms with Gasteiger partial charge in [-0.1, -0.05) is 29.4 Å². The van der Waals surface area contributed by atoms with E-state index in [1.165, 1.54) is 6.26 Å². The van der Waals surface area contributed by atoms with Gasteiger partial charge in [-0.3, -0.25) is 0 Å². The number of fused-ring (bicyclic) bond motifs is 2. The molecule has 0 saturated heterocycles. The van der Waals surface area contributed by atoms with Crippen LogP contribution in [0.1, 0.15) is 0 Å². The minimum atomic E-state index is 0.881. The number of hydrogen-bond acceptors (Lipinski definition) is 4. The Kier molecular flexibility index (Phi) is 3.14. The van der Waals surface area contributed by atoms with Gasteiger partial charge in [0.25, 0.3) is 0 Å². The fourth-order valence-electron chi connectivity index (χ4n) is 1.76. The Morgan fingerprint density at radius 2 is 1.42 bits per heavy atom.